The maximum Gasteiger partial charge on any atom is 0.259 e. The van der Waals surface area contributed by atoms with E-state index >= 15 is 0 Å². The van der Waals surface area contributed by atoms with Crippen LogP contribution in [0.2, 0.25) is 0 Å². The summed E-state index contributed by atoms with van der Waals surface area (Å²) in [5.74, 6) is 2.73. The fourth-order valence-corrected chi connectivity index (χ4v) is 3.41. The maximum absolute atomic E-state index is 6.02. The van der Waals surface area contributed by atoms with Gasteiger partial charge in [0.1, 0.15) is 0 Å². The van der Waals surface area contributed by atoms with Crippen LogP contribution >= 0.6 is 0 Å². The van der Waals surface area contributed by atoms with Gasteiger partial charge in [-0.15, -0.1) is 5.10 Å². The molecule has 0 spiro atoms. The minimum atomic E-state index is 0.217. The van der Waals surface area contributed by atoms with Crippen molar-refractivity contribution in [3.05, 3.63) is 53.8 Å². The minimum absolute atomic E-state index is 0.217. The monoisotopic (exact) mass is 405 g/mol. The number of rotatable bonds is 8. The molecule has 0 bridgehead atoms. The first-order valence-corrected chi connectivity index (χ1v) is 10.1. The zero-order valence-electron chi connectivity index (χ0n) is 16.5. The highest BCUT2D eigenvalue weighted by Crippen LogP contribution is 2.19. The zero-order valence-corrected chi connectivity index (χ0v) is 16.5. The zero-order chi connectivity index (χ0) is 20.3. The molecule has 0 atom stereocenters. The second-order valence-electron chi connectivity index (χ2n) is 7.47. The van der Waals surface area contributed by atoms with Crippen molar-refractivity contribution in [3.63, 3.8) is 0 Å². The standard InChI is InChI=1S/C21H23N7O2/c22-19-25-20(26-21-24-18(27-28(19)21)17-2-1-11-30-17)23-10-9-15-5-3-14(4-6-15)7-8-16-12-29-13-16/h1-6,11,16H,7-10,12-13H2,(H3,22,23,24,25,26,27). The number of nitrogens with zero attached hydrogens (tertiary/aromatic N) is 5. The van der Waals surface area contributed by atoms with E-state index in [2.05, 4.69) is 49.6 Å². The van der Waals surface area contributed by atoms with E-state index in [1.807, 2.05) is 0 Å². The van der Waals surface area contributed by atoms with Crippen LogP contribution in [-0.2, 0) is 17.6 Å². The molecule has 1 saturated heterocycles. The van der Waals surface area contributed by atoms with Crippen molar-refractivity contribution in [2.45, 2.75) is 19.3 Å². The largest absolute Gasteiger partial charge is 0.461 e. The van der Waals surface area contributed by atoms with Crippen molar-refractivity contribution in [1.29, 1.82) is 0 Å². The van der Waals surface area contributed by atoms with Gasteiger partial charge >= 0.3 is 0 Å². The predicted molar refractivity (Wildman–Crippen MR) is 112 cm³/mol. The van der Waals surface area contributed by atoms with E-state index in [1.165, 1.54) is 22.1 Å². The number of aromatic nitrogens is 5. The SMILES string of the molecule is Nc1nc(NCCc2ccc(CCC3COC3)cc2)nc2nc(-c3ccco3)nn12. The Morgan fingerprint density at radius 2 is 1.83 bits per heavy atom. The third kappa shape index (κ3) is 3.97. The molecule has 9 nitrogen and oxygen atoms in total. The topological polar surface area (TPSA) is 116 Å². The van der Waals surface area contributed by atoms with Crippen LogP contribution in [0.25, 0.3) is 17.4 Å². The number of nitrogen functional groups attached to an aromatic ring is 1. The Balaban J connectivity index is 1.18. The van der Waals surface area contributed by atoms with Crippen LogP contribution in [0.5, 0.6) is 0 Å². The molecule has 0 saturated carbocycles. The normalized spacial score (nSPS) is 14.1. The summed E-state index contributed by atoms with van der Waals surface area (Å²) >= 11 is 0. The molecule has 0 unspecified atom stereocenters. The lowest BCUT2D eigenvalue weighted by Gasteiger charge is -2.25. The summed E-state index contributed by atoms with van der Waals surface area (Å²) in [6.45, 7) is 2.52. The van der Waals surface area contributed by atoms with Crippen molar-refractivity contribution >= 4 is 17.7 Å². The summed E-state index contributed by atoms with van der Waals surface area (Å²) < 4.78 is 12.0. The van der Waals surface area contributed by atoms with Gasteiger partial charge in [0, 0.05) is 12.5 Å². The van der Waals surface area contributed by atoms with Gasteiger partial charge in [-0.2, -0.15) is 19.5 Å². The molecule has 5 rings (SSSR count). The van der Waals surface area contributed by atoms with Crippen molar-refractivity contribution < 1.29 is 9.15 Å². The van der Waals surface area contributed by atoms with Gasteiger partial charge in [-0.1, -0.05) is 24.3 Å². The number of fused-ring (bicyclic) bond motifs is 1. The molecule has 0 aliphatic carbocycles. The molecular weight excluding hydrogens is 382 g/mol. The average molecular weight is 405 g/mol. The number of nitrogens with two attached hydrogens (primary N) is 1. The van der Waals surface area contributed by atoms with Crippen molar-refractivity contribution in [2.24, 2.45) is 5.92 Å². The van der Waals surface area contributed by atoms with Gasteiger partial charge in [0.2, 0.25) is 17.7 Å². The lowest BCUT2D eigenvalue weighted by atomic mass is 9.97. The molecule has 9 heteroatoms. The lowest BCUT2D eigenvalue weighted by Crippen LogP contribution is -2.27. The second kappa shape index (κ2) is 8.11. The molecule has 3 N–H and O–H groups in total. The Morgan fingerprint density at radius 1 is 1.03 bits per heavy atom. The molecule has 0 radical (unpaired) electrons. The Kier molecular flexibility index (Phi) is 5.02. The van der Waals surface area contributed by atoms with Gasteiger partial charge in [-0.3, -0.25) is 0 Å². The third-order valence-electron chi connectivity index (χ3n) is 5.24. The van der Waals surface area contributed by atoms with Gasteiger partial charge in [-0.25, -0.2) is 0 Å². The average Bonchev–Trinajstić information content (AvgIpc) is 3.38. The van der Waals surface area contributed by atoms with E-state index in [9.17, 15) is 0 Å². The molecule has 1 aromatic carbocycles. The number of ether oxygens (including phenoxy) is 1. The van der Waals surface area contributed by atoms with Crippen LogP contribution in [0.15, 0.2) is 47.1 Å². The molecule has 0 amide bonds. The number of aryl methyl sites for hydroxylation is 1. The number of hydrogen-bond donors (Lipinski definition) is 2. The molecule has 1 aliphatic rings. The minimum Gasteiger partial charge on any atom is -0.461 e. The van der Waals surface area contributed by atoms with Gasteiger partial charge in [-0.05, 0) is 42.5 Å². The Bertz CT molecular complexity index is 1120. The van der Waals surface area contributed by atoms with Gasteiger partial charge in [0.05, 0.1) is 19.5 Å². The lowest BCUT2D eigenvalue weighted by molar-refractivity contribution is -0.0352. The van der Waals surface area contributed by atoms with Crippen LogP contribution in [-0.4, -0.2) is 44.3 Å². The van der Waals surface area contributed by atoms with E-state index in [0.717, 1.165) is 32.0 Å². The highest BCUT2D eigenvalue weighted by atomic mass is 16.5. The predicted octanol–water partition coefficient (Wildman–Crippen LogP) is 2.60. The quantitative estimate of drug-likeness (QED) is 0.459. The van der Waals surface area contributed by atoms with Crippen LogP contribution in [0.3, 0.4) is 0 Å². The summed E-state index contributed by atoms with van der Waals surface area (Å²) in [5.41, 5.74) is 8.65. The van der Waals surface area contributed by atoms with E-state index in [1.54, 1.807) is 18.4 Å². The molecule has 1 fully saturated rings. The van der Waals surface area contributed by atoms with Gasteiger partial charge < -0.3 is 20.2 Å². The van der Waals surface area contributed by atoms with Crippen LogP contribution in [0, 0.1) is 5.92 Å². The molecule has 154 valence electrons. The van der Waals surface area contributed by atoms with Gasteiger partial charge in [0.15, 0.2) is 5.76 Å². The number of anilines is 2. The molecule has 4 aromatic rings. The Morgan fingerprint density at radius 3 is 2.53 bits per heavy atom. The van der Waals surface area contributed by atoms with E-state index in [-0.39, 0.29) is 5.95 Å². The highest BCUT2D eigenvalue weighted by molar-refractivity contribution is 5.52. The number of nitrogens with one attached hydrogen (secondary N) is 1. The summed E-state index contributed by atoms with van der Waals surface area (Å²) in [7, 11) is 0. The first-order chi connectivity index (χ1) is 14.7. The number of furan rings is 1. The number of benzene rings is 1. The highest BCUT2D eigenvalue weighted by Gasteiger charge is 2.17. The van der Waals surface area contributed by atoms with Crippen LogP contribution < -0.4 is 11.1 Å². The Hall–Kier alpha value is -3.46. The van der Waals surface area contributed by atoms with E-state index < -0.39 is 0 Å². The maximum atomic E-state index is 6.02. The van der Waals surface area contributed by atoms with Gasteiger partial charge in [0.25, 0.3) is 5.78 Å². The fourth-order valence-electron chi connectivity index (χ4n) is 3.41. The van der Waals surface area contributed by atoms with Crippen LogP contribution in [0.1, 0.15) is 17.5 Å². The summed E-state index contributed by atoms with van der Waals surface area (Å²) in [5, 5.41) is 7.51. The third-order valence-corrected chi connectivity index (χ3v) is 5.24. The Labute approximate surface area is 173 Å². The molecule has 3 aromatic heterocycles. The molecular formula is C21H23N7O2. The number of hydrogen-bond acceptors (Lipinski definition) is 8. The summed E-state index contributed by atoms with van der Waals surface area (Å²) in [4.78, 5) is 13.0. The second-order valence-corrected chi connectivity index (χ2v) is 7.47. The first kappa shape index (κ1) is 18.6. The summed E-state index contributed by atoms with van der Waals surface area (Å²) in [6.07, 6.45) is 4.74. The van der Waals surface area contributed by atoms with Crippen molar-refractivity contribution in [1.82, 2.24) is 24.6 Å². The van der Waals surface area contributed by atoms with E-state index in [0.29, 0.717) is 29.9 Å². The smallest absolute Gasteiger partial charge is 0.259 e. The molecule has 4 heterocycles. The molecule has 1 aliphatic heterocycles. The molecule has 30 heavy (non-hydrogen) atoms. The first-order valence-electron chi connectivity index (χ1n) is 10.1. The van der Waals surface area contributed by atoms with Crippen LogP contribution in [0.4, 0.5) is 11.9 Å². The van der Waals surface area contributed by atoms with Crippen molar-refractivity contribution in [3.8, 4) is 11.6 Å². The van der Waals surface area contributed by atoms with Crippen molar-refractivity contribution in [2.75, 3.05) is 30.8 Å². The van der Waals surface area contributed by atoms with E-state index in [4.69, 9.17) is 14.9 Å². The fraction of sp³-hybridized carbons (Fsp3) is 0.333. The summed E-state index contributed by atoms with van der Waals surface area (Å²) in [6, 6.07) is 12.3.